The second-order valence-corrected chi connectivity index (χ2v) is 9.71. The molecule has 0 aliphatic heterocycles. The van der Waals surface area contributed by atoms with Crippen LogP contribution < -0.4 is 9.88 Å². The van der Waals surface area contributed by atoms with E-state index in [0.717, 1.165) is 27.4 Å². The Hall–Kier alpha value is -3.63. The molecule has 0 atom stereocenters. The van der Waals surface area contributed by atoms with Crippen molar-refractivity contribution in [2.24, 2.45) is 5.14 Å². The van der Waals surface area contributed by atoms with Gasteiger partial charge in [-0.1, -0.05) is 29.3 Å². The Bertz CT molecular complexity index is 1490. The van der Waals surface area contributed by atoms with Gasteiger partial charge in [0.05, 0.1) is 23.4 Å². The van der Waals surface area contributed by atoms with Crippen molar-refractivity contribution >= 4 is 10.0 Å². The van der Waals surface area contributed by atoms with Gasteiger partial charge in [0.15, 0.2) is 5.69 Å². The minimum Gasteiger partial charge on any atom is -0.497 e. The number of hydrogen-bond donors (Lipinski definition) is 1. The Morgan fingerprint density at radius 3 is 2.06 bits per heavy atom. The molecule has 0 saturated carbocycles. The van der Waals surface area contributed by atoms with Crippen molar-refractivity contribution in [2.75, 3.05) is 7.11 Å². The first-order valence-corrected chi connectivity index (χ1v) is 12.0. The predicted octanol–water partition coefficient (Wildman–Crippen LogP) is 5.50. The lowest BCUT2D eigenvalue weighted by molar-refractivity contribution is -0.141. The van der Waals surface area contributed by atoms with E-state index in [2.05, 4.69) is 5.10 Å². The summed E-state index contributed by atoms with van der Waals surface area (Å²) in [6, 6.07) is 17.1. The second kappa shape index (κ2) is 8.86. The number of hydrogen-bond acceptors (Lipinski definition) is 4. The van der Waals surface area contributed by atoms with Gasteiger partial charge in [-0.2, -0.15) is 18.3 Å². The SMILES string of the molecule is COc1ccc(-c2cc(C(F)(F)F)nn2-c2ccc(S(N)(=O)=O)cc2)c(-c2cc(C)cc(C)c2)c1. The van der Waals surface area contributed by atoms with Crippen molar-refractivity contribution in [3.05, 3.63) is 83.6 Å². The van der Waals surface area contributed by atoms with Crippen molar-refractivity contribution in [1.82, 2.24) is 9.78 Å². The van der Waals surface area contributed by atoms with Crippen LogP contribution >= 0.6 is 0 Å². The average Bonchev–Trinajstić information content (AvgIpc) is 3.23. The lowest BCUT2D eigenvalue weighted by Gasteiger charge is -2.15. The van der Waals surface area contributed by atoms with Crippen molar-refractivity contribution < 1.29 is 26.3 Å². The molecule has 35 heavy (non-hydrogen) atoms. The van der Waals surface area contributed by atoms with Crippen LogP contribution in [0.25, 0.3) is 28.1 Å². The summed E-state index contributed by atoms with van der Waals surface area (Å²) in [6.07, 6.45) is -4.69. The van der Waals surface area contributed by atoms with E-state index in [0.29, 0.717) is 16.9 Å². The molecule has 3 aromatic carbocycles. The van der Waals surface area contributed by atoms with Crippen LogP contribution in [0.3, 0.4) is 0 Å². The maximum atomic E-state index is 13.7. The topological polar surface area (TPSA) is 87.2 Å². The normalized spacial score (nSPS) is 12.1. The lowest BCUT2D eigenvalue weighted by atomic mass is 9.94. The number of nitrogens with zero attached hydrogens (tertiary/aromatic N) is 2. The molecule has 182 valence electrons. The Kier molecular flexibility index (Phi) is 6.20. The highest BCUT2D eigenvalue weighted by molar-refractivity contribution is 7.89. The number of nitrogens with two attached hydrogens (primary N) is 1. The molecule has 10 heteroatoms. The Morgan fingerprint density at radius 2 is 1.51 bits per heavy atom. The molecule has 0 aliphatic carbocycles. The third kappa shape index (κ3) is 5.08. The molecule has 0 unspecified atom stereocenters. The number of aromatic nitrogens is 2. The fourth-order valence-electron chi connectivity index (χ4n) is 3.93. The van der Waals surface area contributed by atoms with E-state index in [1.165, 1.54) is 31.4 Å². The summed E-state index contributed by atoms with van der Waals surface area (Å²) in [7, 11) is -2.45. The quantitative estimate of drug-likeness (QED) is 0.391. The standard InChI is InChI=1S/C25H22F3N3O3S/c1-15-10-16(2)12-17(11-15)22-13-19(34-3)6-9-21(22)23-14-24(25(26,27)28)30-31(23)18-4-7-20(8-5-18)35(29,32)33/h4-14H,1-3H3,(H2,29,32,33). The van der Waals surface area contributed by atoms with Crippen LogP contribution in [-0.2, 0) is 16.2 Å². The van der Waals surface area contributed by atoms with Crippen LogP contribution in [0.4, 0.5) is 13.2 Å². The van der Waals surface area contributed by atoms with Crippen LogP contribution in [0.1, 0.15) is 16.8 Å². The second-order valence-electron chi connectivity index (χ2n) is 8.15. The van der Waals surface area contributed by atoms with Crippen molar-refractivity contribution in [3.63, 3.8) is 0 Å². The molecule has 1 heterocycles. The van der Waals surface area contributed by atoms with Gasteiger partial charge >= 0.3 is 6.18 Å². The summed E-state index contributed by atoms with van der Waals surface area (Å²) in [5.74, 6) is 0.544. The van der Waals surface area contributed by atoms with Gasteiger partial charge in [0.25, 0.3) is 0 Å². The van der Waals surface area contributed by atoms with Gasteiger partial charge in [0.2, 0.25) is 10.0 Å². The molecule has 2 N–H and O–H groups in total. The zero-order valence-corrected chi connectivity index (χ0v) is 19.9. The monoisotopic (exact) mass is 501 g/mol. The Labute approximate surface area is 200 Å². The zero-order chi connectivity index (χ0) is 25.5. The highest BCUT2D eigenvalue weighted by atomic mass is 32.2. The fraction of sp³-hybridized carbons (Fsp3) is 0.160. The fourth-order valence-corrected chi connectivity index (χ4v) is 4.44. The molecule has 0 radical (unpaired) electrons. The molecule has 6 nitrogen and oxygen atoms in total. The summed E-state index contributed by atoms with van der Waals surface area (Å²) >= 11 is 0. The summed E-state index contributed by atoms with van der Waals surface area (Å²) < 4.78 is 70.8. The summed E-state index contributed by atoms with van der Waals surface area (Å²) in [6.45, 7) is 3.88. The highest BCUT2D eigenvalue weighted by Gasteiger charge is 2.35. The van der Waals surface area contributed by atoms with Crippen LogP contribution in [0.5, 0.6) is 5.75 Å². The van der Waals surface area contributed by atoms with Crippen LogP contribution in [0.2, 0.25) is 0 Å². The number of ether oxygens (including phenoxy) is 1. The van der Waals surface area contributed by atoms with Gasteiger partial charge in [-0.05, 0) is 73.5 Å². The van der Waals surface area contributed by atoms with E-state index in [1.807, 2.05) is 32.0 Å². The van der Waals surface area contributed by atoms with E-state index in [9.17, 15) is 21.6 Å². The van der Waals surface area contributed by atoms with Crippen LogP contribution in [0, 0.1) is 13.8 Å². The van der Waals surface area contributed by atoms with Gasteiger partial charge in [-0.15, -0.1) is 0 Å². The van der Waals surface area contributed by atoms with E-state index >= 15 is 0 Å². The van der Waals surface area contributed by atoms with Gasteiger partial charge in [0, 0.05) is 5.56 Å². The van der Waals surface area contributed by atoms with Crippen molar-refractivity contribution in [1.29, 1.82) is 0 Å². The minimum atomic E-state index is -4.69. The van der Waals surface area contributed by atoms with Crippen molar-refractivity contribution in [2.45, 2.75) is 24.9 Å². The van der Waals surface area contributed by atoms with Gasteiger partial charge in [0.1, 0.15) is 5.75 Å². The van der Waals surface area contributed by atoms with Gasteiger partial charge < -0.3 is 4.74 Å². The molecule has 1 aromatic heterocycles. The van der Waals surface area contributed by atoms with Gasteiger partial charge in [-0.3, -0.25) is 0 Å². The number of sulfonamides is 1. The molecule has 0 aliphatic rings. The molecular weight excluding hydrogens is 479 g/mol. The first-order valence-electron chi connectivity index (χ1n) is 10.4. The number of methoxy groups -OCH3 is 1. The third-order valence-corrected chi connectivity index (χ3v) is 6.37. The maximum Gasteiger partial charge on any atom is 0.435 e. The summed E-state index contributed by atoms with van der Waals surface area (Å²) in [5, 5.41) is 8.96. The third-order valence-electron chi connectivity index (χ3n) is 5.44. The molecule has 4 aromatic rings. The number of primary sulfonamides is 1. The number of alkyl halides is 3. The molecule has 4 rings (SSSR count). The molecule has 0 spiro atoms. The summed E-state index contributed by atoms with van der Waals surface area (Å²) in [5.41, 5.74) is 3.30. The largest absolute Gasteiger partial charge is 0.497 e. The lowest BCUT2D eigenvalue weighted by Crippen LogP contribution is -2.12. The molecule has 0 bridgehead atoms. The van der Waals surface area contributed by atoms with Crippen LogP contribution in [0.15, 0.2) is 71.6 Å². The number of rotatable bonds is 5. The Balaban J connectivity index is 1.99. The van der Waals surface area contributed by atoms with E-state index in [4.69, 9.17) is 9.88 Å². The molecular formula is C25H22F3N3O3S. The first-order chi connectivity index (χ1) is 16.4. The average molecular weight is 502 g/mol. The number of benzene rings is 3. The van der Waals surface area contributed by atoms with E-state index < -0.39 is 21.9 Å². The number of halogens is 3. The van der Waals surface area contributed by atoms with Gasteiger partial charge in [-0.25, -0.2) is 18.2 Å². The molecule has 0 saturated heterocycles. The van der Waals surface area contributed by atoms with Crippen LogP contribution in [-0.4, -0.2) is 25.3 Å². The number of aryl methyl sites for hydroxylation is 2. The first kappa shape index (κ1) is 24.5. The highest BCUT2D eigenvalue weighted by Crippen LogP contribution is 2.39. The maximum absolute atomic E-state index is 13.7. The van der Waals surface area contributed by atoms with E-state index in [1.54, 1.807) is 18.2 Å². The molecule has 0 amide bonds. The summed E-state index contributed by atoms with van der Waals surface area (Å²) in [4.78, 5) is -0.161. The predicted molar refractivity (Wildman–Crippen MR) is 127 cm³/mol. The van der Waals surface area contributed by atoms with Crippen molar-refractivity contribution in [3.8, 4) is 33.8 Å². The minimum absolute atomic E-state index is 0.161. The smallest absolute Gasteiger partial charge is 0.435 e. The zero-order valence-electron chi connectivity index (χ0n) is 19.1. The molecule has 0 fully saturated rings. The van der Waals surface area contributed by atoms with E-state index in [-0.39, 0.29) is 16.3 Å². The Morgan fingerprint density at radius 1 is 0.886 bits per heavy atom.